The van der Waals surface area contributed by atoms with E-state index >= 15 is 0 Å². The predicted molar refractivity (Wildman–Crippen MR) is 110 cm³/mol. The van der Waals surface area contributed by atoms with Gasteiger partial charge in [-0.2, -0.15) is 9.57 Å². The lowest BCUT2D eigenvalue weighted by molar-refractivity contribution is -0.896. The Labute approximate surface area is 173 Å². The first-order valence-corrected chi connectivity index (χ1v) is 11.8. The van der Waals surface area contributed by atoms with Gasteiger partial charge < -0.3 is 9.80 Å². The molecular formula is C21H31N4O3S+. The fourth-order valence-electron chi connectivity index (χ4n) is 4.31. The number of likely N-dealkylation sites (N-methyl/N-ethyl adjacent to an activating group) is 1. The number of aryl methyl sites for hydroxylation is 1. The molecule has 158 valence electrons. The van der Waals surface area contributed by atoms with Crippen LogP contribution in [0.25, 0.3) is 0 Å². The summed E-state index contributed by atoms with van der Waals surface area (Å²) >= 11 is 0. The van der Waals surface area contributed by atoms with Gasteiger partial charge in [0.1, 0.15) is 5.54 Å². The highest BCUT2D eigenvalue weighted by Crippen LogP contribution is 2.32. The van der Waals surface area contributed by atoms with Crippen LogP contribution in [0.2, 0.25) is 0 Å². The number of carbonyl (C=O) groups excluding carboxylic acids is 1. The van der Waals surface area contributed by atoms with Gasteiger partial charge in [0.2, 0.25) is 10.0 Å². The van der Waals surface area contributed by atoms with E-state index in [1.807, 2.05) is 6.92 Å². The second-order valence-corrected chi connectivity index (χ2v) is 10.2. The molecule has 7 nitrogen and oxygen atoms in total. The average Bonchev–Trinajstić information content (AvgIpc) is 2.74. The molecule has 1 N–H and O–H groups in total. The van der Waals surface area contributed by atoms with Crippen molar-refractivity contribution in [2.75, 3.05) is 39.8 Å². The molecule has 0 unspecified atom stereocenters. The molecule has 1 heterocycles. The largest absolute Gasteiger partial charge is 0.325 e. The fraction of sp³-hybridized carbons (Fsp3) is 0.619. The number of carbonyl (C=O) groups is 1. The second kappa shape index (κ2) is 8.82. The minimum atomic E-state index is -3.50. The van der Waals surface area contributed by atoms with Crippen LogP contribution in [0.1, 0.15) is 37.7 Å². The first-order valence-electron chi connectivity index (χ1n) is 10.4. The number of nitrogens with zero attached hydrogens (tertiary/aromatic N) is 3. The zero-order chi connectivity index (χ0) is 21.1. The molecule has 1 amide bonds. The van der Waals surface area contributed by atoms with Crippen molar-refractivity contribution in [3.8, 4) is 6.07 Å². The molecule has 0 radical (unpaired) electrons. The Morgan fingerprint density at radius 2 is 1.76 bits per heavy atom. The maximum Gasteiger partial charge on any atom is 0.278 e. The van der Waals surface area contributed by atoms with Crippen LogP contribution in [0.4, 0.5) is 0 Å². The lowest BCUT2D eigenvalue weighted by Crippen LogP contribution is -3.15. The van der Waals surface area contributed by atoms with Gasteiger partial charge in [-0.1, -0.05) is 37.0 Å². The summed E-state index contributed by atoms with van der Waals surface area (Å²) in [5, 5.41) is 9.69. The zero-order valence-corrected chi connectivity index (χ0v) is 18.2. The highest BCUT2D eigenvalue weighted by atomic mass is 32.2. The van der Waals surface area contributed by atoms with E-state index in [2.05, 4.69) is 6.07 Å². The van der Waals surface area contributed by atoms with Crippen molar-refractivity contribution >= 4 is 15.9 Å². The first-order chi connectivity index (χ1) is 13.8. The molecule has 2 fully saturated rings. The molecule has 1 aliphatic heterocycles. The van der Waals surface area contributed by atoms with Crippen LogP contribution in [0.15, 0.2) is 29.2 Å². The van der Waals surface area contributed by atoms with Crippen LogP contribution in [0.5, 0.6) is 0 Å². The van der Waals surface area contributed by atoms with Crippen LogP contribution in [-0.2, 0) is 14.8 Å². The van der Waals surface area contributed by atoms with Crippen LogP contribution in [-0.4, -0.2) is 68.8 Å². The number of hydrogen-bond donors (Lipinski definition) is 1. The van der Waals surface area contributed by atoms with E-state index in [1.165, 1.54) is 4.31 Å². The van der Waals surface area contributed by atoms with E-state index in [9.17, 15) is 18.5 Å². The molecule has 1 saturated heterocycles. The molecule has 1 aromatic rings. The molecule has 3 rings (SSSR count). The summed E-state index contributed by atoms with van der Waals surface area (Å²) in [5.41, 5.74) is 0.347. The third-order valence-electron chi connectivity index (χ3n) is 6.39. The van der Waals surface area contributed by atoms with Crippen molar-refractivity contribution in [3.63, 3.8) is 0 Å². The van der Waals surface area contributed by atoms with Crippen molar-refractivity contribution in [2.24, 2.45) is 0 Å². The van der Waals surface area contributed by atoms with Crippen molar-refractivity contribution in [2.45, 2.75) is 49.5 Å². The molecule has 8 heteroatoms. The number of benzene rings is 1. The van der Waals surface area contributed by atoms with Crippen LogP contribution in [0, 0.1) is 18.3 Å². The summed E-state index contributed by atoms with van der Waals surface area (Å²) < 4.78 is 27.2. The van der Waals surface area contributed by atoms with Crippen LogP contribution < -0.4 is 4.90 Å². The van der Waals surface area contributed by atoms with Crippen molar-refractivity contribution < 1.29 is 18.1 Å². The van der Waals surface area contributed by atoms with Gasteiger partial charge in [-0.25, -0.2) is 8.42 Å². The lowest BCUT2D eigenvalue weighted by atomic mass is 9.81. The van der Waals surface area contributed by atoms with Gasteiger partial charge in [0, 0.05) is 7.05 Å². The molecule has 1 aromatic carbocycles. The topological polar surface area (TPSA) is 85.9 Å². The average molecular weight is 420 g/mol. The van der Waals surface area contributed by atoms with Crippen LogP contribution >= 0.6 is 0 Å². The molecule has 0 aromatic heterocycles. The predicted octanol–water partition coefficient (Wildman–Crippen LogP) is 0.569. The molecule has 0 bridgehead atoms. The number of rotatable bonds is 5. The molecule has 0 spiro atoms. The summed E-state index contributed by atoms with van der Waals surface area (Å²) in [7, 11) is -1.75. The van der Waals surface area contributed by atoms with E-state index in [-0.39, 0.29) is 5.91 Å². The van der Waals surface area contributed by atoms with E-state index in [1.54, 1.807) is 36.2 Å². The summed E-state index contributed by atoms with van der Waals surface area (Å²) in [5.74, 6) is -0.0294. The molecule has 0 atom stereocenters. The molecule has 1 aliphatic carbocycles. The minimum Gasteiger partial charge on any atom is -0.325 e. The Kier molecular flexibility index (Phi) is 6.62. The van der Waals surface area contributed by atoms with Gasteiger partial charge in [0.25, 0.3) is 5.91 Å². The van der Waals surface area contributed by atoms with Crippen molar-refractivity contribution in [1.82, 2.24) is 9.21 Å². The Morgan fingerprint density at radius 1 is 1.17 bits per heavy atom. The Morgan fingerprint density at radius 3 is 2.31 bits per heavy atom. The summed E-state index contributed by atoms with van der Waals surface area (Å²) in [6, 6.07) is 9.30. The van der Waals surface area contributed by atoms with E-state index in [4.69, 9.17) is 0 Å². The van der Waals surface area contributed by atoms with Gasteiger partial charge in [-0.15, -0.1) is 0 Å². The normalized spacial score (nSPS) is 20.7. The molecular weight excluding hydrogens is 388 g/mol. The molecule has 2 aliphatic rings. The molecule has 1 saturated carbocycles. The van der Waals surface area contributed by atoms with E-state index in [0.29, 0.717) is 37.6 Å². The summed E-state index contributed by atoms with van der Waals surface area (Å²) in [4.78, 5) is 15.9. The second-order valence-electron chi connectivity index (χ2n) is 8.30. The monoisotopic (exact) mass is 419 g/mol. The summed E-state index contributed by atoms with van der Waals surface area (Å²) in [6.07, 6.45) is 4.56. The van der Waals surface area contributed by atoms with E-state index < -0.39 is 15.6 Å². The number of amides is 1. The molecule has 29 heavy (non-hydrogen) atoms. The maximum atomic E-state index is 12.8. The van der Waals surface area contributed by atoms with E-state index in [0.717, 1.165) is 42.6 Å². The van der Waals surface area contributed by atoms with Gasteiger partial charge in [-0.05, 0) is 31.9 Å². The van der Waals surface area contributed by atoms with Gasteiger partial charge >= 0.3 is 0 Å². The summed E-state index contributed by atoms with van der Waals surface area (Å²) in [6.45, 7) is 4.20. The van der Waals surface area contributed by atoms with Crippen LogP contribution in [0.3, 0.4) is 0 Å². The highest BCUT2D eigenvalue weighted by molar-refractivity contribution is 7.89. The van der Waals surface area contributed by atoms with Gasteiger partial charge in [-0.3, -0.25) is 4.79 Å². The highest BCUT2D eigenvalue weighted by Gasteiger charge is 2.40. The smallest absolute Gasteiger partial charge is 0.278 e. The number of piperazine rings is 1. The number of nitrogens with one attached hydrogen (secondary N) is 1. The lowest BCUT2D eigenvalue weighted by Gasteiger charge is -2.39. The number of nitriles is 1. The number of hydrogen-bond acceptors (Lipinski definition) is 4. The first kappa shape index (κ1) is 21.8. The Hall–Kier alpha value is -1.95. The minimum absolute atomic E-state index is 0.0294. The Balaban J connectivity index is 1.57. The number of quaternary nitrogens is 1. The Bertz CT molecular complexity index is 862. The van der Waals surface area contributed by atoms with Gasteiger partial charge in [0.05, 0.1) is 37.1 Å². The zero-order valence-electron chi connectivity index (χ0n) is 17.4. The quantitative estimate of drug-likeness (QED) is 0.756. The fourth-order valence-corrected chi connectivity index (χ4v) is 5.75. The SMILES string of the molecule is Cc1ccc(S(=O)(=O)N2CC[NH+](CC(=O)N(C)C3(C#N)CCCCC3)CC2)cc1. The van der Waals surface area contributed by atoms with Crippen molar-refractivity contribution in [1.29, 1.82) is 5.26 Å². The standard InChI is InChI=1S/C21H30N4O3S/c1-18-6-8-19(9-7-18)29(27,28)25-14-12-24(13-15-25)16-20(26)23(2)21(17-22)10-4-3-5-11-21/h6-9H,3-5,10-16H2,1-2H3/p+1. The van der Waals surface area contributed by atoms with Gasteiger partial charge in [0.15, 0.2) is 6.54 Å². The maximum absolute atomic E-state index is 12.8. The number of sulfonamides is 1. The third-order valence-corrected chi connectivity index (χ3v) is 8.31. The third kappa shape index (κ3) is 4.63. The van der Waals surface area contributed by atoms with Crippen molar-refractivity contribution in [3.05, 3.63) is 29.8 Å².